The average Bonchev–Trinajstić information content (AvgIpc) is 3.21. The van der Waals surface area contributed by atoms with Gasteiger partial charge in [0.05, 0.1) is 14.6 Å². The summed E-state index contributed by atoms with van der Waals surface area (Å²) in [4.78, 5) is 16.5. The maximum Gasteiger partial charge on any atom is 0.173 e. The molecular weight excluding hydrogens is 326 g/mol. The molecular formula is C19H20ClNOS. The van der Waals surface area contributed by atoms with Gasteiger partial charge in [0.2, 0.25) is 0 Å². The number of thiophene rings is 1. The predicted molar refractivity (Wildman–Crippen MR) is 95.5 cm³/mol. The zero-order valence-corrected chi connectivity index (χ0v) is 14.6. The lowest BCUT2D eigenvalue weighted by Crippen LogP contribution is -2.57. The van der Waals surface area contributed by atoms with E-state index in [1.807, 2.05) is 24.3 Å². The Labute approximate surface area is 145 Å². The topological polar surface area (TPSA) is 20.3 Å². The highest BCUT2D eigenvalue weighted by Crippen LogP contribution is 2.58. The van der Waals surface area contributed by atoms with Gasteiger partial charge in [0.15, 0.2) is 5.78 Å². The summed E-state index contributed by atoms with van der Waals surface area (Å²) in [7, 11) is 0. The van der Waals surface area contributed by atoms with E-state index in [0.29, 0.717) is 17.2 Å². The van der Waals surface area contributed by atoms with Gasteiger partial charge in [0.25, 0.3) is 0 Å². The second-order valence-corrected chi connectivity index (χ2v) is 8.89. The third-order valence-electron chi connectivity index (χ3n) is 6.37. The maximum atomic E-state index is 12.9. The van der Waals surface area contributed by atoms with Crippen molar-refractivity contribution in [3.05, 3.63) is 34.2 Å². The standard InChI is InChI=1S/C19H20ClNOS/c20-15-3-1-2-13-10-17(23-18(13)15)16(22)11-14-12-4-8-21(9-5-12)19(14)6-7-19/h1-3,10,12,14H,4-9,11H2. The summed E-state index contributed by atoms with van der Waals surface area (Å²) >= 11 is 7.83. The van der Waals surface area contributed by atoms with Gasteiger partial charge in [-0.25, -0.2) is 0 Å². The van der Waals surface area contributed by atoms with Crippen LogP contribution in [0.5, 0.6) is 0 Å². The smallest absolute Gasteiger partial charge is 0.173 e. The van der Waals surface area contributed by atoms with E-state index in [1.54, 1.807) is 11.3 Å². The SMILES string of the molecule is O=C(CC1C2CCN(CC2)C12CC2)c1cc2cccc(Cl)c2s1. The number of rotatable bonds is 3. The van der Waals surface area contributed by atoms with Crippen molar-refractivity contribution in [2.24, 2.45) is 11.8 Å². The molecule has 2 nitrogen and oxygen atoms in total. The van der Waals surface area contributed by atoms with Gasteiger partial charge in [-0.2, -0.15) is 0 Å². The van der Waals surface area contributed by atoms with E-state index in [9.17, 15) is 4.79 Å². The van der Waals surface area contributed by atoms with Crippen LogP contribution in [0.4, 0.5) is 0 Å². The van der Waals surface area contributed by atoms with E-state index in [1.165, 1.54) is 38.8 Å². The highest BCUT2D eigenvalue weighted by Gasteiger charge is 2.60. The lowest BCUT2D eigenvalue weighted by atomic mass is 9.70. The van der Waals surface area contributed by atoms with Crippen LogP contribution in [-0.2, 0) is 0 Å². The molecule has 1 atom stereocenters. The van der Waals surface area contributed by atoms with Crippen molar-refractivity contribution < 1.29 is 4.79 Å². The molecule has 6 rings (SSSR count). The van der Waals surface area contributed by atoms with Crippen LogP contribution < -0.4 is 0 Å². The Hall–Kier alpha value is -0.900. The van der Waals surface area contributed by atoms with Gasteiger partial charge in [0, 0.05) is 12.0 Å². The number of benzene rings is 1. The molecule has 2 bridgehead atoms. The van der Waals surface area contributed by atoms with Crippen molar-refractivity contribution in [3.63, 3.8) is 0 Å². The van der Waals surface area contributed by atoms with Crippen molar-refractivity contribution in [2.75, 3.05) is 13.1 Å². The Morgan fingerprint density at radius 3 is 2.78 bits per heavy atom. The molecule has 1 aromatic carbocycles. The summed E-state index contributed by atoms with van der Waals surface area (Å²) in [5.41, 5.74) is 0.394. The fourth-order valence-electron chi connectivity index (χ4n) is 5.06. The number of halogens is 1. The minimum atomic E-state index is 0.326. The maximum absolute atomic E-state index is 12.9. The number of carbonyl (C=O) groups excluding carboxylic acids is 1. The van der Waals surface area contributed by atoms with E-state index in [0.717, 1.165) is 32.3 Å². The first-order valence-corrected chi connectivity index (χ1v) is 9.83. The molecule has 4 heterocycles. The molecule has 1 unspecified atom stereocenters. The van der Waals surface area contributed by atoms with Crippen molar-refractivity contribution in [3.8, 4) is 0 Å². The van der Waals surface area contributed by atoms with Gasteiger partial charge >= 0.3 is 0 Å². The molecule has 1 saturated carbocycles. The molecule has 3 saturated heterocycles. The molecule has 1 spiro atoms. The number of Topliss-reactive ketones (excluding diaryl/α,β-unsaturated/α-hetero) is 1. The molecule has 120 valence electrons. The first-order chi connectivity index (χ1) is 11.2. The summed E-state index contributed by atoms with van der Waals surface area (Å²) in [5, 5.41) is 1.86. The van der Waals surface area contributed by atoms with Crippen LogP contribution in [0.3, 0.4) is 0 Å². The Morgan fingerprint density at radius 2 is 2.09 bits per heavy atom. The van der Waals surface area contributed by atoms with E-state index in [4.69, 9.17) is 11.6 Å². The number of hydrogen-bond acceptors (Lipinski definition) is 3. The molecule has 23 heavy (non-hydrogen) atoms. The van der Waals surface area contributed by atoms with E-state index >= 15 is 0 Å². The predicted octanol–water partition coefficient (Wildman–Crippen LogP) is 5.00. The highest BCUT2D eigenvalue weighted by molar-refractivity contribution is 7.21. The van der Waals surface area contributed by atoms with Gasteiger partial charge < -0.3 is 0 Å². The number of piperidine rings is 3. The van der Waals surface area contributed by atoms with Crippen molar-refractivity contribution >= 4 is 38.8 Å². The minimum absolute atomic E-state index is 0.326. The monoisotopic (exact) mass is 345 g/mol. The van der Waals surface area contributed by atoms with Crippen LogP contribution in [0, 0.1) is 11.8 Å². The Bertz CT molecular complexity index is 786. The number of hydrogen-bond donors (Lipinski definition) is 0. The molecule has 0 amide bonds. The summed E-state index contributed by atoms with van der Waals surface area (Å²) in [6.07, 6.45) is 5.92. The van der Waals surface area contributed by atoms with Crippen molar-refractivity contribution in [2.45, 2.75) is 37.6 Å². The quantitative estimate of drug-likeness (QED) is 0.729. The van der Waals surface area contributed by atoms with Crippen LogP contribution in [-0.4, -0.2) is 29.3 Å². The second kappa shape index (κ2) is 5.05. The van der Waals surface area contributed by atoms with E-state index in [-0.39, 0.29) is 0 Å². The van der Waals surface area contributed by atoms with E-state index in [2.05, 4.69) is 4.90 Å². The highest BCUT2D eigenvalue weighted by atomic mass is 35.5. The first kappa shape index (κ1) is 14.4. The molecule has 0 N–H and O–H groups in total. The summed E-state index contributed by atoms with van der Waals surface area (Å²) < 4.78 is 1.05. The Morgan fingerprint density at radius 1 is 1.30 bits per heavy atom. The molecule has 4 fully saturated rings. The fourth-order valence-corrected chi connectivity index (χ4v) is 6.37. The molecule has 4 heteroatoms. The molecule has 1 aromatic heterocycles. The van der Waals surface area contributed by atoms with Crippen LogP contribution in [0.2, 0.25) is 5.02 Å². The second-order valence-electron chi connectivity index (χ2n) is 7.43. The van der Waals surface area contributed by atoms with Gasteiger partial charge in [0.1, 0.15) is 0 Å². The fraction of sp³-hybridized carbons (Fsp3) is 0.526. The first-order valence-electron chi connectivity index (χ1n) is 8.64. The third kappa shape index (κ3) is 2.13. The average molecular weight is 346 g/mol. The number of fused-ring (bicyclic) bond motifs is 3. The molecule has 2 aromatic rings. The summed E-state index contributed by atoms with van der Waals surface area (Å²) in [5.74, 6) is 1.68. The van der Waals surface area contributed by atoms with Crippen LogP contribution in [0.15, 0.2) is 24.3 Å². The van der Waals surface area contributed by atoms with Gasteiger partial charge in [-0.3, -0.25) is 9.69 Å². The number of ketones is 1. The zero-order valence-electron chi connectivity index (χ0n) is 13.1. The third-order valence-corrected chi connectivity index (χ3v) is 8.02. The molecule has 3 aliphatic heterocycles. The zero-order chi connectivity index (χ0) is 15.6. The largest absolute Gasteiger partial charge is 0.297 e. The number of nitrogens with zero attached hydrogens (tertiary/aromatic N) is 1. The Kier molecular flexibility index (Phi) is 3.17. The molecule has 1 aliphatic carbocycles. The van der Waals surface area contributed by atoms with Gasteiger partial charge in [-0.15, -0.1) is 11.3 Å². The lowest BCUT2D eigenvalue weighted by Gasteiger charge is -2.52. The van der Waals surface area contributed by atoms with Crippen molar-refractivity contribution in [1.29, 1.82) is 0 Å². The van der Waals surface area contributed by atoms with Gasteiger partial charge in [-0.1, -0.05) is 23.7 Å². The van der Waals surface area contributed by atoms with E-state index < -0.39 is 0 Å². The normalized spacial score (nSPS) is 30.9. The van der Waals surface area contributed by atoms with Crippen LogP contribution >= 0.6 is 22.9 Å². The molecule has 0 radical (unpaired) electrons. The number of carbonyl (C=O) groups is 1. The lowest BCUT2D eigenvalue weighted by molar-refractivity contribution is -0.0273. The minimum Gasteiger partial charge on any atom is -0.297 e. The Balaban J connectivity index is 1.43. The van der Waals surface area contributed by atoms with Crippen LogP contribution in [0.1, 0.15) is 41.8 Å². The summed E-state index contributed by atoms with van der Waals surface area (Å²) in [6.45, 7) is 2.52. The molecule has 4 aliphatic rings. The van der Waals surface area contributed by atoms with Crippen LogP contribution in [0.25, 0.3) is 10.1 Å². The summed E-state index contributed by atoms with van der Waals surface area (Å²) in [6, 6.07) is 7.94. The van der Waals surface area contributed by atoms with Gasteiger partial charge in [-0.05, 0) is 68.1 Å². The van der Waals surface area contributed by atoms with Crippen molar-refractivity contribution in [1.82, 2.24) is 4.90 Å².